The van der Waals surface area contributed by atoms with E-state index in [1.54, 1.807) is 7.11 Å². The summed E-state index contributed by atoms with van der Waals surface area (Å²) in [7, 11) is 1.67. The maximum Gasteiger partial charge on any atom is 0.119 e. The highest BCUT2D eigenvalue weighted by atomic mass is 16.5. The zero-order valence-electron chi connectivity index (χ0n) is 12.8. The first-order valence-electron chi connectivity index (χ1n) is 7.30. The Morgan fingerprint density at radius 3 is 2.43 bits per heavy atom. The minimum absolute atomic E-state index is 0.580. The van der Waals surface area contributed by atoms with Crippen molar-refractivity contribution in [2.75, 3.05) is 32.2 Å². The zero-order chi connectivity index (χ0) is 14.9. The van der Waals surface area contributed by atoms with Gasteiger partial charge in [0, 0.05) is 19.3 Å². The molecule has 21 heavy (non-hydrogen) atoms. The molecule has 0 amide bonds. The average Bonchev–Trinajstić information content (AvgIpc) is 2.51. The van der Waals surface area contributed by atoms with Gasteiger partial charge in [-0.05, 0) is 48.7 Å². The van der Waals surface area contributed by atoms with Gasteiger partial charge in [0.2, 0.25) is 0 Å². The molecule has 0 saturated carbocycles. The van der Waals surface area contributed by atoms with Gasteiger partial charge in [-0.1, -0.05) is 24.3 Å². The van der Waals surface area contributed by atoms with Crippen molar-refractivity contribution < 1.29 is 9.47 Å². The summed E-state index contributed by atoms with van der Waals surface area (Å²) in [6.07, 6.45) is 1.03. The van der Waals surface area contributed by atoms with E-state index in [1.165, 1.54) is 11.1 Å². The summed E-state index contributed by atoms with van der Waals surface area (Å²) in [6, 6.07) is 16.5. The van der Waals surface area contributed by atoms with Crippen LogP contribution >= 0.6 is 0 Å². The third-order valence-corrected chi connectivity index (χ3v) is 3.40. The summed E-state index contributed by atoms with van der Waals surface area (Å²) < 4.78 is 10.5. The van der Waals surface area contributed by atoms with Crippen LogP contribution in [-0.4, -0.2) is 26.9 Å². The van der Waals surface area contributed by atoms with Gasteiger partial charge < -0.3 is 14.8 Å². The van der Waals surface area contributed by atoms with Crippen molar-refractivity contribution in [3.63, 3.8) is 0 Å². The molecule has 2 aromatic rings. The fourth-order valence-corrected chi connectivity index (χ4v) is 2.14. The van der Waals surface area contributed by atoms with Crippen molar-refractivity contribution in [2.45, 2.75) is 13.3 Å². The fourth-order valence-electron chi connectivity index (χ4n) is 2.14. The van der Waals surface area contributed by atoms with Gasteiger partial charge >= 0.3 is 0 Å². The molecule has 0 spiro atoms. The van der Waals surface area contributed by atoms with Crippen LogP contribution in [0.3, 0.4) is 0 Å². The lowest BCUT2D eigenvalue weighted by Crippen LogP contribution is -2.06. The largest absolute Gasteiger partial charge is 0.491 e. The number of benzene rings is 2. The summed E-state index contributed by atoms with van der Waals surface area (Å²) in [5, 5.41) is 3.43. The molecule has 0 saturated heterocycles. The molecular formula is C18H23NO2. The number of anilines is 1. The van der Waals surface area contributed by atoms with Crippen LogP contribution in [0.4, 0.5) is 5.69 Å². The highest BCUT2D eigenvalue weighted by molar-refractivity contribution is 5.46. The highest BCUT2D eigenvalue weighted by Gasteiger charge is 1.98. The molecule has 0 unspecified atom stereocenters. The molecule has 0 atom stereocenters. The third-order valence-electron chi connectivity index (χ3n) is 3.40. The Kier molecular flexibility index (Phi) is 6.10. The molecular weight excluding hydrogens is 262 g/mol. The molecule has 3 nitrogen and oxygen atoms in total. The Hall–Kier alpha value is -2.00. The van der Waals surface area contributed by atoms with Gasteiger partial charge in [-0.2, -0.15) is 0 Å². The zero-order valence-corrected chi connectivity index (χ0v) is 12.8. The molecule has 0 radical (unpaired) electrons. The Morgan fingerprint density at radius 2 is 1.71 bits per heavy atom. The predicted octanol–water partition coefficient (Wildman–Crippen LogP) is 3.67. The number of hydrogen-bond donors (Lipinski definition) is 1. The van der Waals surface area contributed by atoms with Gasteiger partial charge in [-0.3, -0.25) is 0 Å². The third kappa shape index (κ3) is 5.12. The van der Waals surface area contributed by atoms with Crippen molar-refractivity contribution in [1.29, 1.82) is 0 Å². The van der Waals surface area contributed by atoms with Gasteiger partial charge in [0.1, 0.15) is 12.4 Å². The topological polar surface area (TPSA) is 30.5 Å². The molecule has 0 aliphatic rings. The fraction of sp³-hybridized carbons (Fsp3) is 0.333. The Bertz CT molecular complexity index is 537. The van der Waals surface area contributed by atoms with E-state index >= 15 is 0 Å². The van der Waals surface area contributed by atoms with Gasteiger partial charge in [0.25, 0.3) is 0 Å². The minimum Gasteiger partial charge on any atom is -0.491 e. The molecule has 0 bridgehead atoms. The number of nitrogens with one attached hydrogen (secondary N) is 1. The van der Waals surface area contributed by atoms with Crippen molar-refractivity contribution >= 4 is 5.69 Å². The molecule has 0 aliphatic heterocycles. The Balaban J connectivity index is 1.77. The first-order valence-corrected chi connectivity index (χ1v) is 7.30. The molecule has 0 fully saturated rings. The smallest absolute Gasteiger partial charge is 0.119 e. The van der Waals surface area contributed by atoms with Gasteiger partial charge in [-0.15, -0.1) is 0 Å². The number of hydrogen-bond acceptors (Lipinski definition) is 3. The van der Waals surface area contributed by atoms with E-state index in [0.29, 0.717) is 13.2 Å². The molecule has 2 rings (SSSR count). The summed E-state index contributed by atoms with van der Waals surface area (Å²) in [5.74, 6) is 0.872. The number of rotatable bonds is 8. The first kappa shape index (κ1) is 15.4. The molecule has 2 aromatic carbocycles. The molecule has 1 N–H and O–H groups in total. The average molecular weight is 285 g/mol. The van der Waals surface area contributed by atoms with Gasteiger partial charge in [-0.25, -0.2) is 0 Å². The Labute approximate surface area is 126 Å². The van der Waals surface area contributed by atoms with E-state index in [9.17, 15) is 0 Å². The quantitative estimate of drug-likeness (QED) is 0.751. The number of methoxy groups -OCH3 is 1. The number of aryl methyl sites for hydroxylation is 1. The van der Waals surface area contributed by atoms with Gasteiger partial charge in [0.15, 0.2) is 0 Å². The van der Waals surface area contributed by atoms with E-state index in [-0.39, 0.29) is 0 Å². The lowest BCUT2D eigenvalue weighted by molar-refractivity contribution is 0.146. The standard InChI is InChI=1S/C18H23NO2/c1-15-5-3-4-6-16(15)11-12-19-17-7-9-18(10-8-17)21-14-13-20-2/h3-10,19H,11-14H2,1-2H3. The Morgan fingerprint density at radius 1 is 0.952 bits per heavy atom. The molecule has 112 valence electrons. The van der Waals surface area contributed by atoms with Crippen LogP contribution in [-0.2, 0) is 11.2 Å². The van der Waals surface area contributed by atoms with Crippen molar-refractivity contribution in [3.05, 3.63) is 59.7 Å². The summed E-state index contributed by atoms with van der Waals surface area (Å²) in [6.45, 7) is 4.27. The molecule has 0 aliphatic carbocycles. The summed E-state index contributed by atoms with van der Waals surface area (Å²) >= 11 is 0. The normalized spacial score (nSPS) is 10.4. The minimum atomic E-state index is 0.580. The van der Waals surface area contributed by atoms with E-state index < -0.39 is 0 Å². The lowest BCUT2D eigenvalue weighted by Gasteiger charge is -2.10. The van der Waals surface area contributed by atoms with Crippen LogP contribution in [0, 0.1) is 6.92 Å². The van der Waals surface area contributed by atoms with Crippen LogP contribution in [0.25, 0.3) is 0 Å². The summed E-state index contributed by atoms with van der Waals surface area (Å²) in [5.41, 5.74) is 3.85. The van der Waals surface area contributed by atoms with Crippen LogP contribution in [0.5, 0.6) is 5.75 Å². The monoisotopic (exact) mass is 285 g/mol. The maximum atomic E-state index is 5.54. The summed E-state index contributed by atoms with van der Waals surface area (Å²) in [4.78, 5) is 0. The van der Waals surface area contributed by atoms with Crippen LogP contribution in [0.2, 0.25) is 0 Å². The second kappa shape index (κ2) is 8.32. The second-order valence-corrected chi connectivity index (χ2v) is 4.97. The highest BCUT2D eigenvalue weighted by Crippen LogP contribution is 2.16. The van der Waals surface area contributed by atoms with Crippen molar-refractivity contribution in [2.24, 2.45) is 0 Å². The number of ether oxygens (including phenoxy) is 2. The second-order valence-electron chi connectivity index (χ2n) is 4.97. The molecule has 0 aromatic heterocycles. The SMILES string of the molecule is COCCOc1ccc(NCCc2ccccc2C)cc1. The maximum absolute atomic E-state index is 5.54. The van der Waals surface area contributed by atoms with Crippen molar-refractivity contribution in [1.82, 2.24) is 0 Å². The molecule has 0 heterocycles. The van der Waals surface area contributed by atoms with Crippen LogP contribution in [0.15, 0.2) is 48.5 Å². The van der Waals surface area contributed by atoms with Crippen LogP contribution < -0.4 is 10.1 Å². The van der Waals surface area contributed by atoms with E-state index in [4.69, 9.17) is 9.47 Å². The van der Waals surface area contributed by atoms with E-state index in [1.807, 2.05) is 24.3 Å². The van der Waals surface area contributed by atoms with Gasteiger partial charge in [0.05, 0.1) is 6.61 Å². The molecule has 3 heteroatoms. The van der Waals surface area contributed by atoms with Crippen molar-refractivity contribution in [3.8, 4) is 5.75 Å². The van der Waals surface area contributed by atoms with Crippen LogP contribution in [0.1, 0.15) is 11.1 Å². The van der Waals surface area contributed by atoms with E-state index in [0.717, 1.165) is 24.4 Å². The predicted molar refractivity (Wildman–Crippen MR) is 87.2 cm³/mol. The lowest BCUT2D eigenvalue weighted by atomic mass is 10.1. The van der Waals surface area contributed by atoms with E-state index in [2.05, 4.69) is 36.5 Å². The first-order chi connectivity index (χ1) is 10.3.